The number of thioether (sulfide) groups is 1. The van der Waals surface area contributed by atoms with Crippen molar-refractivity contribution in [1.82, 2.24) is 5.32 Å². The number of halogens is 1. The number of hydrogen-bond donors (Lipinski definition) is 1. The molecule has 180 valence electrons. The molecule has 34 heavy (non-hydrogen) atoms. The van der Waals surface area contributed by atoms with Gasteiger partial charge in [-0.2, -0.15) is 11.8 Å². The minimum atomic E-state index is -3.89. The topological polar surface area (TPSA) is 66.5 Å². The Morgan fingerprint density at radius 3 is 2.35 bits per heavy atom. The fourth-order valence-electron chi connectivity index (χ4n) is 3.27. The van der Waals surface area contributed by atoms with Crippen molar-refractivity contribution >= 4 is 45.0 Å². The maximum absolute atomic E-state index is 13.4. The summed E-state index contributed by atoms with van der Waals surface area (Å²) in [5.74, 6) is 1.42. The van der Waals surface area contributed by atoms with Gasteiger partial charge in [-0.3, -0.25) is 9.10 Å². The Bertz CT molecular complexity index is 1200. The first-order chi connectivity index (χ1) is 16.3. The SMILES string of the molecule is Cc1ccc(N(CC(=O)NCCCSCc2ccc(Cl)cc2)S(=O)(=O)c2ccccc2)cc1C. The van der Waals surface area contributed by atoms with E-state index < -0.39 is 10.0 Å². The molecule has 3 aromatic rings. The van der Waals surface area contributed by atoms with Crippen LogP contribution in [0.15, 0.2) is 77.7 Å². The molecule has 1 N–H and O–H groups in total. The van der Waals surface area contributed by atoms with Crippen LogP contribution in [0.5, 0.6) is 0 Å². The van der Waals surface area contributed by atoms with E-state index in [1.807, 2.05) is 44.2 Å². The Hall–Kier alpha value is -2.48. The van der Waals surface area contributed by atoms with E-state index in [4.69, 9.17) is 11.6 Å². The van der Waals surface area contributed by atoms with Crippen LogP contribution in [-0.4, -0.2) is 33.2 Å². The summed E-state index contributed by atoms with van der Waals surface area (Å²) in [7, 11) is -3.89. The zero-order valence-electron chi connectivity index (χ0n) is 19.3. The number of nitrogens with zero attached hydrogens (tertiary/aromatic N) is 1. The van der Waals surface area contributed by atoms with Crippen molar-refractivity contribution in [2.75, 3.05) is 23.1 Å². The molecule has 0 aliphatic heterocycles. The summed E-state index contributed by atoms with van der Waals surface area (Å²) in [4.78, 5) is 12.9. The zero-order chi connectivity index (χ0) is 24.6. The summed E-state index contributed by atoms with van der Waals surface area (Å²) in [5, 5.41) is 3.59. The fourth-order valence-corrected chi connectivity index (χ4v) is 5.76. The van der Waals surface area contributed by atoms with Crippen molar-refractivity contribution in [2.45, 2.75) is 30.9 Å². The van der Waals surface area contributed by atoms with Crippen LogP contribution in [0.25, 0.3) is 0 Å². The molecular formula is C26H29ClN2O3S2. The number of carbonyl (C=O) groups excluding carboxylic acids is 1. The third-order valence-electron chi connectivity index (χ3n) is 5.37. The van der Waals surface area contributed by atoms with Crippen LogP contribution < -0.4 is 9.62 Å². The number of benzene rings is 3. The normalized spacial score (nSPS) is 11.3. The van der Waals surface area contributed by atoms with E-state index in [-0.39, 0.29) is 17.3 Å². The van der Waals surface area contributed by atoms with Gasteiger partial charge in [0.05, 0.1) is 10.6 Å². The lowest BCUT2D eigenvalue weighted by Crippen LogP contribution is -2.41. The van der Waals surface area contributed by atoms with E-state index in [1.54, 1.807) is 54.2 Å². The number of carbonyl (C=O) groups is 1. The highest BCUT2D eigenvalue weighted by Gasteiger charge is 2.27. The predicted molar refractivity (Wildman–Crippen MR) is 142 cm³/mol. The Labute approximate surface area is 211 Å². The van der Waals surface area contributed by atoms with Crippen LogP contribution in [0.2, 0.25) is 5.02 Å². The number of rotatable bonds is 11. The first-order valence-electron chi connectivity index (χ1n) is 11.0. The smallest absolute Gasteiger partial charge is 0.264 e. The highest BCUT2D eigenvalue weighted by molar-refractivity contribution is 7.98. The van der Waals surface area contributed by atoms with Gasteiger partial charge in [0.2, 0.25) is 5.91 Å². The standard InChI is InChI=1S/C26H29ClN2O3S2/c1-20-9-14-24(17-21(20)2)29(34(31,32)25-7-4-3-5-8-25)18-26(30)28-15-6-16-33-19-22-10-12-23(27)13-11-22/h3-5,7-14,17H,6,15-16,18-19H2,1-2H3,(H,28,30). The van der Waals surface area contributed by atoms with Crippen LogP contribution in [0.1, 0.15) is 23.1 Å². The Kier molecular flexibility index (Phi) is 9.45. The molecule has 0 spiro atoms. The number of hydrogen-bond acceptors (Lipinski definition) is 4. The molecular weight excluding hydrogens is 488 g/mol. The third kappa shape index (κ3) is 7.26. The second kappa shape index (κ2) is 12.3. The fraction of sp³-hybridized carbons (Fsp3) is 0.269. The molecule has 0 fully saturated rings. The summed E-state index contributed by atoms with van der Waals surface area (Å²) >= 11 is 7.69. The third-order valence-corrected chi connectivity index (χ3v) is 8.52. The average molecular weight is 517 g/mol. The van der Waals surface area contributed by atoms with Gasteiger partial charge in [0.15, 0.2) is 0 Å². The van der Waals surface area contributed by atoms with Gasteiger partial charge in [-0.05, 0) is 79.1 Å². The van der Waals surface area contributed by atoms with Crippen LogP contribution in [-0.2, 0) is 20.6 Å². The summed E-state index contributed by atoms with van der Waals surface area (Å²) < 4.78 is 27.9. The molecule has 0 aromatic heterocycles. The van der Waals surface area contributed by atoms with E-state index in [0.29, 0.717) is 12.2 Å². The van der Waals surface area contributed by atoms with Crippen molar-refractivity contribution in [2.24, 2.45) is 0 Å². The highest BCUT2D eigenvalue weighted by atomic mass is 35.5. The van der Waals surface area contributed by atoms with E-state index in [9.17, 15) is 13.2 Å². The molecule has 8 heteroatoms. The summed E-state index contributed by atoms with van der Waals surface area (Å²) in [6, 6.07) is 21.4. The van der Waals surface area contributed by atoms with E-state index in [1.165, 1.54) is 9.87 Å². The summed E-state index contributed by atoms with van der Waals surface area (Å²) in [5.41, 5.74) is 3.69. The second-order valence-corrected chi connectivity index (χ2v) is 11.4. The molecule has 5 nitrogen and oxygen atoms in total. The van der Waals surface area contributed by atoms with E-state index in [0.717, 1.165) is 34.1 Å². The summed E-state index contributed by atoms with van der Waals surface area (Å²) in [6.45, 7) is 4.09. The maximum Gasteiger partial charge on any atom is 0.264 e. The first kappa shape index (κ1) is 26.1. The van der Waals surface area contributed by atoms with Gasteiger partial charge in [0.1, 0.15) is 6.54 Å². The quantitative estimate of drug-likeness (QED) is 0.337. The molecule has 0 bridgehead atoms. The van der Waals surface area contributed by atoms with Crippen molar-refractivity contribution < 1.29 is 13.2 Å². The lowest BCUT2D eigenvalue weighted by Gasteiger charge is -2.25. The minimum Gasteiger partial charge on any atom is -0.354 e. The van der Waals surface area contributed by atoms with E-state index in [2.05, 4.69) is 5.32 Å². The molecule has 0 saturated carbocycles. The van der Waals surface area contributed by atoms with Gasteiger partial charge in [-0.1, -0.05) is 48.0 Å². The zero-order valence-corrected chi connectivity index (χ0v) is 21.7. The predicted octanol–water partition coefficient (Wildman–Crippen LogP) is 5.59. The number of aryl methyl sites for hydroxylation is 2. The Morgan fingerprint density at radius 2 is 1.68 bits per heavy atom. The molecule has 1 amide bonds. The van der Waals surface area contributed by atoms with Crippen LogP contribution in [0.4, 0.5) is 5.69 Å². The van der Waals surface area contributed by atoms with Gasteiger partial charge < -0.3 is 5.32 Å². The molecule has 0 saturated heterocycles. The van der Waals surface area contributed by atoms with Crippen molar-refractivity contribution in [3.05, 3.63) is 94.5 Å². The number of anilines is 1. The van der Waals surface area contributed by atoms with Crippen molar-refractivity contribution in [3.63, 3.8) is 0 Å². The molecule has 0 aliphatic rings. The molecule has 0 atom stereocenters. The van der Waals surface area contributed by atoms with Gasteiger partial charge in [0, 0.05) is 17.3 Å². The summed E-state index contributed by atoms with van der Waals surface area (Å²) in [6.07, 6.45) is 0.791. The number of sulfonamides is 1. The molecule has 3 rings (SSSR count). The molecule has 0 radical (unpaired) electrons. The number of nitrogens with one attached hydrogen (secondary N) is 1. The first-order valence-corrected chi connectivity index (χ1v) is 14.0. The highest BCUT2D eigenvalue weighted by Crippen LogP contribution is 2.25. The van der Waals surface area contributed by atoms with E-state index >= 15 is 0 Å². The van der Waals surface area contributed by atoms with Crippen LogP contribution >= 0.6 is 23.4 Å². The largest absolute Gasteiger partial charge is 0.354 e. The molecule has 0 heterocycles. The maximum atomic E-state index is 13.4. The lowest BCUT2D eigenvalue weighted by molar-refractivity contribution is -0.119. The molecule has 3 aromatic carbocycles. The lowest BCUT2D eigenvalue weighted by atomic mass is 10.1. The van der Waals surface area contributed by atoms with Gasteiger partial charge in [-0.25, -0.2) is 8.42 Å². The van der Waals surface area contributed by atoms with Gasteiger partial charge in [-0.15, -0.1) is 0 Å². The minimum absolute atomic E-state index is 0.152. The average Bonchev–Trinajstić information content (AvgIpc) is 2.83. The second-order valence-electron chi connectivity index (χ2n) is 7.98. The van der Waals surface area contributed by atoms with Crippen molar-refractivity contribution in [1.29, 1.82) is 0 Å². The Balaban J connectivity index is 1.59. The number of amides is 1. The van der Waals surface area contributed by atoms with Crippen LogP contribution in [0.3, 0.4) is 0 Å². The van der Waals surface area contributed by atoms with Gasteiger partial charge >= 0.3 is 0 Å². The van der Waals surface area contributed by atoms with Crippen molar-refractivity contribution in [3.8, 4) is 0 Å². The Morgan fingerprint density at radius 1 is 0.971 bits per heavy atom. The monoisotopic (exact) mass is 516 g/mol. The van der Waals surface area contributed by atoms with Gasteiger partial charge in [0.25, 0.3) is 10.0 Å². The molecule has 0 aliphatic carbocycles. The van der Waals surface area contributed by atoms with Crippen LogP contribution in [0, 0.1) is 13.8 Å². The molecule has 0 unspecified atom stereocenters.